The van der Waals surface area contributed by atoms with Gasteiger partial charge in [0.05, 0.1) is 11.7 Å². The van der Waals surface area contributed by atoms with Crippen LogP contribution in [0.1, 0.15) is 38.5 Å². The summed E-state index contributed by atoms with van der Waals surface area (Å²) in [5.41, 5.74) is -0.310. The van der Waals surface area contributed by atoms with E-state index in [0.29, 0.717) is 12.0 Å². The summed E-state index contributed by atoms with van der Waals surface area (Å²) in [6.07, 6.45) is 6.89. The van der Waals surface area contributed by atoms with Crippen molar-refractivity contribution in [3.8, 4) is 0 Å². The summed E-state index contributed by atoms with van der Waals surface area (Å²) in [6, 6.07) is 0. The van der Waals surface area contributed by atoms with Crippen LogP contribution < -0.4 is 0 Å². The van der Waals surface area contributed by atoms with Gasteiger partial charge in [-0.15, -0.1) is 0 Å². The first-order valence-electron chi connectivity index (χ1n) is 5.00. The number of hydrogen-bond acceptors (Lipinski definition) is 2. The van der Waals surface area contributed by atoms with Crippen LogP contribution in [0, 0.1) is 5.92 Å². The van der Waals surface area contributed by atoms with Gasteiger partial charge in [-0.3, -0.25) is 0 Å². The molecule has 0 amide bonds. The second kappa shape index (κ2) is 3.00. The molecule has 0 unspecified atom stereocenters. The van der Waals surface area contributed by atoms with E-state index in [9.17, 15) is 5.11 Å². The van der Waals surface area contributed by atoms with Crippen molar-refractivity contribution in [1.82, 2.24) is 0 Å². The third kappa shape index (κ3) is 1.50. The van der Waals surface area contributed by atoms with Gasteiger partial charge in [0.2, 0.25) is 0 Å². The molecule has 12 heavy (non-hydrogen) atoms. The van der Waals surface area contributed by atoms with E-state index in [4.69, 9.17) is 4.74 Å². The Bertz CT molecular complexity index is 155. The highest BCUT2D eigenvalue weighted by Crippen LogP contribution is 2.47. The summed E-state index contributed by atoms with van der Waals surface area (Å²) in [7, 11) is 1.77. The Kier molecular flexibility index (Phi) is 2.13. The summed E-state index contributed by atoms with van der Waals surface area (Å²) in [5, 5.41) is 10.2. The first-order chi connectivity index (χ1) is 5.74. The predicted octanol–water partition coefficient (Wildman–Crippen LogP) is 1.72. The molecule has 2 saturated carbocycles. The van der Waals surface area contributed by atoms with Crippen LogP contribution in [-0.4, -0.2) is 23.9 Å². The SMILES string of the molecule is COC1CCC(O)(C2CC2)CC1. The van der Waals surface area contributed by atoms with E-state index < -0.39 is 0 Å². The van der Waals surface area contributed by atoms with Gasteiger partial charge in [-0.05, 0) is 44.4 Å². The standard InChI is InChI=1S/C10H18O2/c1-12-9-4-6-10(11,7-5-9)8-2-3-8/h8-9,11H,2-7H2,1H3. The van der Waals surface area contributed by atoms with Gasteiger partial charge in [-0.25, -0.2) is 0 Å². The van der Waals surface area contributed by atoms with Crippen LogP contribution in [0.25, 0.3) is 0 Å². The highest BCUT2D eigenvalue weighted by atomic mass is 16.5. The normalized spacial score (nSPS) is 43.0. The van der Waals surface area contributed by atoms with E-state index in [2.05, 4.69) is 0 Å². The molecule has 2 fully saturated rings. The lowest BCUT2D eigenvalue weighted by molar-refractivity contribution is -0.0572. The van der Waals surface area contributed by atoms with E-state index in [1.165, 1.54) is 12.8 Å². The Hall–Kier alpha value is -0.0800. The molecule has 0 radical (unpaired) electrons. The van der Waals surface area contributed by atoms with Crippen LogP contribution in [0.5, 0.6) is 0 Å². The summed E-state index contributed by atoms with van der Waals surface area (Å²) < 4.78 is 5.27. The molecule has 2 nitrogen and oxygen atoms in total. The first-order valence-corrected chi connectivity index (χ1v) is 5.00. The Morgan fingerprint density at radius 2 is 1.75 bits per heavy atom. The smallest absolute Gasteiger partial charge is 0.0677 e. The molecule has 2 heteroatoms. The molecule has 0 saturated heterocycles. The molecule has 0 spiro atoms. The van der Waals surface area contributed by atoms with Gasteiger partial charge in [-0.2, -0.15) is 0 Å². The van der Waals surface area contributed by atoms with Crippen molar-refractivity contribution >= 4 is 0 Å². The second-order valence-electron chi connectivity index (χ2n) is 4.31. The zero-order chi connectivity index (χ0) is 8.60. The highest BCUT2D eigenvalue weighted by molar-refractivity contribution is 4.97. The molecule has 2 aliphatic carbocycles. The van der Waals surface area contributed by atoms with E-state index in [0.717, 1.165) is 25.7 Å². The molecule has 2 aliphatic rings. The van der Waals surface area contributed by atoms with Crippen LogP contribution in [0.15, 0.2) is 0 Å². The van der Waals surface area contributed by atoms with Gasteiger partial charge in [0.25, 0.3) is 0 Å². The Morgan fingerprint density at radius 1 is 1.17 bits per heavy atom. The highest BCUT2D eigenvalue weighted by Gasteiger charge is 2.45. The van der Waals surface area contributed by atoms with E-state index >= 15 is 0 Å². The lowest BCUT2D eigenvalue weighted by Crippen LogP contribution is -2.38. The Balaban J connectivity index is 1.87. The van der Waals surface area contributed by atoms with E-state index in [-0.39, 0.29) is 5.60 Å². The second-order valence-corrected chi connectivity index (χ2v) is 4.31. The van der Waals surface area contributed by atoms with Gasteiger partial charge in [0.1, 0.15) is 0 Å². The molecule has 0 aromatic heterocycles. The molecule has 2 rings (SSSR count). The molecule has 0 aromatic carbocycles. The zero-order valence-electron chi connectivity index (χ0n) is 7.75. The molecule has 0 aliphatic heterocycles. The zero-order valence-corrected chi connectivity index (χ0v) is 7.75. The van der Waals surface area contributed by atoms with Crippen molar-refractivity contribution in [2.24, 2.45) is 5.92 Å². The van der Waals surface area contributed by atoms with Gasteiger partial charge in [0.15, 0.2) is 0 Å². The Morgan fingerprint density at radius 3 is 2.17 bits per heavy atom. The third-order valence-electron chi connectivity index (χ3n) is 3.47. The number of aliphatic hydroxyl groups is 1. The number of ether oxygens (including phenoxy) is 1. The average molecular weight is 170 g/mol. The van der Waals surface area contributed by atoms with Crippen LogP contribution in [0.4, 0.5) is 0 Å². The lowest BCUT2D eigenvalue weighted by atomic mass is 9.80. The first kappa shape index (κ1) is 8.52. The number of rotatable bonds is 2. The van der Waals surface area contributed by atoms with Crippen molar-refractivity contribution in [1.29, 1.82) is 0 Å². The van der Waals surface area contributed by atoms with E-state index in [1.807, 2.05) is 0 Å². The quantitative estimate of drug-likeness (QED) is 0.683. The summed E-state index contributed by atoms with van der Waals surface area (Å²) in [4.78, 5) is 0. The van der Waals surface area contributed by atoms with Crippen molar-refractivity contribution in [2.75, 3.05) is 7.11 Å². The van der Waals surface area contributed by atoms with Gasteiger partial charge >= 0.3 is 0 Å². The number of methoxy groups -OCH3 is 1. The van der Waals surface area contributed by atoms with Crippen LogP contribution in [0.2, 0.25) is 0 Å². The fraction of sp³-hybridized carbons (Fsp3) is 1.00. The molecular formula is C10H18O2. The largest absolute Gasteiger partial charge is 0.390 e. The maximum Gasteiger partial charge on any atom is 0.0677 e. The monoisotopic (exact) mass is 170 g/mol. The summed E-state index contributed by atoms with van der Waals surface area (Å²) in [6.45, 7) is 0. The van der Waals surface area contributed by atoms with Gasteiger partial charge in [-0.1, -0.05) is 0 Å². The van der Waals surface area contributed by atoms with Crippen LogP contribution >= 0.6 is 0 Å². The van der Waals surface area contributed by atoms with Crippen molar-refractivity contribution < 1.29 is 9.84 Å². The molecule has 70 valence electrons. The Labute approximate surface area is 73.9 Å². The minimum atomic E-state index is -0.310. The third-order valence-corrected chi connectivity index (χ3v) is 3.47. The summed E-state index contributed by atoms with van der Waals surface area (Å²) >= 11 is 0. The number of hydrogen-bond donors (Lipinski definition) is 1. The molecular weight excluding hydrogens is 152 g/mol. The topological polar surface area (TPSA) is 29.5 Å². The summed E-state index contributed by atoms with van der Waals surface area (Å²) in [5.74, 6) is 0.621. The van der Waals surface area contributed by atoms with Gasteiger partial charge < -0.3 is 9.84 Å². The van der Waals surface area contributed by atoms with Crippen LogP contribution in [0.3, 0.4) is 0 Å². The van der Waals surface area contributed by atoms with Crippen molar-refractivity contribution in [3.63, 3.8) is 0 Å². The fourth-order valence-electron chi connectivity index (χ4n) is 2.36. The average Bonchev–Trinajstić information content (AvgIpc) is 2.88. The molecule has 1 N–H and O–H groups in total. The van der Waals surface area contributed by atoms with Gasteiger partial charge in [0, 0.05) is 7.11 Å². The fourth-order valence-corrected chi connectivity index (χ4v) is 2.36. The molecule has 0 atom stereocenters. The molecule has 0 bridgehead atoms. The minimum absolute atomic E-state index is 0.310. The molecule has 0 aromatic rings. The minimum Gasteiger partial charge on any atom is -0.390 e. The van der Waals surface area contributed by atoms with Crippen molar-refractivity contribution in [3.05, 3.63) is 0 Å². The van der Waals surface area contributed by atoms with Crippen LogP contribution in [-0.2, 0) is 4.74 Å². The maximum atomic E-state index is 10.2. The predicted molar refractivity (Wildman–Crippen MR) is 46.9 cm³/mol. The van der Waals surface area contributed by atoms with E-state index in [1.54, 1.807) is 7.11 Å². The van der Waals surface area contributed by atoms with Crippen molar-refractivity contribution in [2.45, 2.75) is 50.2 Å². The lowest BCUT2D eigenvalue weighted by Gasteiger charge is -2.35. The molecule has 0 heterocycles. The maximum absolute atomic E-state index is 10.2.